The highest BCUT2D eigenvalue weighted by molar-refractivity contribution is 5.47. The molecule has 0 spiro atoms. The van der Waals surface area contributed by atoms with E-state index in [1.807, 2.05) is 37.3 Å². The molecule has 1 saturated carbocycles. The van der Waals surface area contributed by atoms with Crippen LogP contribution in [0.5, 0.6) is 0 Å². The van der Waals surface area contributed by atoms with Crippen LogP contribution in [0, 0.1) is 17.2 Å². The van der Waals surface area contributed by atoms with Crippen LogP contribution < -0.4 is 5.32 Å². The van der Waals surface area contributed by atoms with E-state index in [0.29, 0.717) is 0 Å². The number of rotatable bonds is 4. The van der Waals surface area contributed by atoms with E-state index in [1.165, 1.54) is 12.8 Å². The lowest BCUT2D eigenvalue weighted by atomic mass is 9.96. The molecular weight excluding hydrogens is 184 g/mol. The van der Waals surface area contributed by atoms with Crippen LogP contribution in [0.2, 0.25) is 0 Å². The van der Waals surface area contributed by atoms with Gasteiger partial charge in [0.05, 0.1) is 6.07 Å². The third kappa shape index (κ3) is 2.73. The summed E-state index contributed by atoms with van der Waals surface area (Å²) in [6.07, 6.45) is 3.53. The fraction of sp³-hybridized carbons (Fsp3) is 0.462. The smallest absolute Gasteiger partial charge is 0.122 e. The molecule has 0 aromatic heterocycles. The van der Waals surface area contributed by atoms with Crippen LogP contribution in [0.4, 0.5) is 5.69 Å². The Morgan fingerprint density at radius 3 is 2.60 bits per heavy atom. The molecule has 2 nitrogen and oxygen atoms in total. The number of nitriles is 1. The first-order valence-electron chi connectivity index (χ1n) is 5.46. The lowest BCUT2D eigenvalue weighted by molar-refractivity contribution is 0.544. The van der Waals surface area contributed by atoms with Crippen LogP contribution in [0.25, 0.3) is 0 Å². The van der Waals surface area contributed by atoms with Gasteiger partial charge in [0.2, 0.25) is 0 Å². The molecule has 1 N–H and O–H groups in total. The summed E-state index contributed by atoms with van der Waals surface area (Å²) < 4.78 is 0. The fourth-order valence-electron chi connectivity index (χ4n) is 1.86. The number of para-hydroxylation sites is 1. The van der Waals surface area contributed by atoms with Crippen molar-refractivity contribution in [3.63, 3.8) is 0 Å². The van der Waals surface area contributed by atoms with Gasteiger partial charge in [-0.1, -0.05) is 31.0 Å². The van der Waals surface area contributed by atoms with Crippen molar-refractivity contribution in [1.82, 2.24) is 0 Å². The highest BCUT2D eigenvalue weighted by atomic mass is 15.0. The minimum Gasteiger partial charge on any atom is -0.368 e. The Hall–Kier alpha value is -1.49. The predicted octanol–water partition coefficient (Wildman–Crippen LogP) is 3.18. The second-order valence-corrected chi connectivity index (χ2v) is 4.58. The quantitative estimate of drug-likeness (QED) is 0.810. The summed E-state index contributed by atoms with van der Waals surface area (Å²) in [5, 5.41) is 12.5. The van der Waals surface area contributed by atoms with E-state index in [9.17, 15) is 5.26 Å². The van der Waals surface area contributed by atoms with Gasteiger partial charge in [-0.2, -0.15) is 5.26 Å². The van der Waals surface area contributed by atoms with Crippen LogP contribution in [0.1, 0.15) is 26.2 Å². The van der Waals surface area contributed by atoms with Gasteiger partial charge >= 0.3 is 0 Å². The van der Waals surface area contributed by atoms with Gasteiger partial charge in [-0.15, -0.1) is 0 Å². The van der Waals surface area contributed by atoms with Crippen molar-refractivity contribution in [1.29, 1.82) is 5.26 Å². The summed E-state index contributed by atoms with van der Waals surface area (Å²) in [5.41, 5.74) is 0.616. The highest BCUT2D eigenvalue weighted by Crippen LogP contribution is 2.37. The molecule has 1 aliphatic rings. The van der Waals surface area contributed by atoms with Gasteiger partial charge in [0.1, 0.15) is 5.54 Å². The summed E-state index contributed by atoms with van der Waals surface area (Å²) in [4.78, 5) is 0. The summed E-state index contributed by atoms with van der Waals surface area (Å²) >= 11 is 0. The SMILES string of the molecule is CC(C#N)(CC1CC1)Nc1ccccc1. The Morgan fingerprint density at radius 1 is 1.40 bits per heavy atom. The van der Waals surface area contributed by atoms with E-state index < -0.39 is 5.54 Å². The van der Waals surface area contributed by atoms with Gasteiger partial charge in [0.25, 0.3) is 0 Å². The molecule has 1 aromatic rings. The molecule has 1 atom stereocenters. The molecule has 0 amide bonds. The topological polar surface area (TPSA) is 35.8 Å². The molecule has 0 aliphatic heterocycles. The number of nitrogens with one attached hydrogen (secondary N) is 1. The number of benzene rings is 1. The molecule has 2 rings (SSSR count). The minimum absolute atomic E-state index is 0.414. The average molecular weight is 200 g/mol. The van der Waals surface area contributed by atoms with Gasteiger partial charge in [-0.05, 0) is 31.4 Å². The van der Waals surface area contributed by atoms with E-state index in [2.05, 4.69) is 11.4 Å². The van der Waals surface area contributed by atoms with Crippen molar-refractivity contribution < 1.29 is 0 Å². The summed E-state index contributed by atoms with van der Waals surface area (Å²) in [6.45, 7) is 1.98. The number of hydrogen-bond donors (Lipinski definition) is 1. The predicted molar refractivity (Wildman–Crippen MR) is 61.4 cm³/mol. The molecule has 2 heteroatoms. The van der Waals surface area contributed by atoms with Crippen molar-refractivity contribution in [3.8, 4) is 6.07 Å². The third-order valence-corrected chi connectivity index (χ3v) is 2.83. The van der Waals surface area contributed by atoms with Gasteiger partial charge in [0.15, 0.2) is 0 Å². The van der Waals surface area contributed by atoms with E-state index in [-0.39, 0.29) is 0 Å². The van der Waals surface area contributed by atoms with E-state index in [4.69, 9.17) is 0 Å². The largest absolute Gasteiger partial charge is 0.368 e. The third-order valence-electron chi connectivity index (χ3n) is 2.83. The van der Waals surface area contributed by atoms with Gasteiger partial charge in [-0.3, -0.25) is 0 Å². The van der Waals surface area contributed by atoms with Crippen LogP contribution >= 0.6 is 0 Å². The normalized spacial score (nSPS) is 18.9. The summed E-state index contributed by atoms with van der Waals surface area (Å²) in [6, 6.07) is 12.3. The van der Waals surface area contributed by atoms with Crippen molar-refractivity contribution in [2.24, 2.45) is 5.92 Å². The van der Waals surface area contributed by atoms with E-state index in [1.54, 1.807) is 0 Å². The first-order valence-corrected chi connectivity index (χ1v) is 5.46. The molecule has 1 aliphatic carbocycles. The first-order chi connectivity index (χ1) is 7.22. The summed E-state index contributed by atoms with van der Waals surface area (Å²) in [5.74, 6) is 0.755. The minimum atomic E-state index is -0.414. The zero-order chi connectivity index (χ0) is 10.7. The van der Waals surface area contributed by atoms with Crippen LogP contribution in [-0.2, 0) is 0 Å². The zero-order valence-corrected chi connectivity index (χ0v) is 9.03. The van der Waals surface area contributed by atoms with Gasteiger partial charge in [-0.25, -0.2) is 0 Å². The van der Waals surface area contributed by atoms with Crippen molar-refractivity contribution in [2.45, 2.75) is 31.7 Å². The molecule has 1 unspecified atom stereocenters. The number of anilines is 1. The molecule has 0 radical (unpaired) electrons. The Morgan fingerprint density at radius 2 is 2.07 bits per heavy atom. The molecule has 1 fully saturated rings. The maximum absolute atomic E-state index is 9.21. The molecule has 15 heavy (non-hydrogen) atoms. The molecule has 0 bridgehead atoms. The number of hydrogen-bond acceptors (Lipinski definition) is 2. The molecule has 1 aromatic carbocycles. The maximum atomic E-state index is 9.21. The second kappa shape index (κ2) is 3.94. The maximum Gasteiger partial charge on any atom is 0.122 e. The second-order valence-electron chi connectivity index (χ2n) is 4.58. The Balaban J connectivity index is 2.04. The van der Waals surface area contributed by atoms with Crippen LogP contribution in [0.3, 0.4) is 0 Å². The zero-order valence-electron chi connectivity index (χ0n) is 9.03. The monoisotopic (exact) mass is 200 g/mol. The summed E-state index contributed by atoms with van der Waals surface area (Å²) in [7, 11) is 0. The lowest BCUT2D eigenvalue weighted by Crippen LogP contribution is -2.33. The molecular formula is C13H16N2. The molecule has 78 valence electrons. The van der Waals surface area contributed by atoms with Gasteiger partial charge < -0.3 is 5.32 Å². The highest BCUT2D eigenvalue weighted by Gasteiger charge is 2.33. The van der Waals surface area contributed by atoms with E-state index in [0.717, 1.165) is 18.0 Å². The van der Waals surface area contributed by atoms with Crippen molar-refractivity contribution >= 4 is 5.69 Å². The van der Waals surface area contributed by atoms with Crippen LogP contribution in [0.15, 0.2) is 30.3 Å². The van der Waals surface area contributed by atoms with Gasteiger partial charge in [0, 0.05) is 5.69 Å². The Labute approximate surface area is 90.9 Å². The standard InChI is InChI=1S/C13H16N2/c1-13(10-14,9-11-7-8-11)15-12-5-3-2-4-6-12/h2-6,11,15H,7-9H2,1H3. The Kier molecular flexibility index (Phi) is 2.64. The average Bonchev–Trinajstić information content (AvgIpc) is 3.03. The first kappa shape index (κ1) is 10.0. The number of nitrogens with zero attached hydrogens (tertiary/aromatic N) is 1. The van der Waals surface area contributed by atoms with Crippen molar-refractivity contribution in [2.75, 3.05) is 5.32 Å². The van der Waals surface area contributed by atoms with E-state index >= 15 is 0 Å². The molecule has 0 saturated heterocycles. The fourth-order valence-corrected chi connectivity index (χ4v) is 1.86. The molecule has 0 heterocycles. The van der Waals surface area contributed by atoms with Crippen molar-refractivity contribution in [3.05, 3.63) is 30.3 Å². The lowest BCUT2D eigenvalue weighted by Gasteiger charge is -2.24. The van der Waals surface area contributed by atoms with Crippen LogP contribution in [-0.4, -0.2) is 5.54 Å². The Bertz CT molecular complexity index is 362.